The first-order valence-electron chi connectivity index (χ1n) is 9.54. The molecular formula is C22H18F3N5. The molecule has 0 saturated carbocycles. The standard InChI is InChI=1S/C22H18F3N5/c1-30-12-6-7-17(30)18-14(8-12)15(9-26)20(29)21(10-27,11-28)19(18)13-4-2-3-5-16(13)22(23,24)25/h2-5,8,12,17-19H,6-7,29H2,1H3/t12-,17-,18-,19-/m1/s1. The average Bonchev–Trinajstić information content (AvgIpc) is 2.95. The minimum Gasteiger partial charge on any atom is -0.399 e. The van der Waals surface area contributed by atoms with Crippen molar-refractivity contribution in [1.82, 2.24) is 4.90 Å². The summed E-state index contributed by atoms with van der Waals surface area (Å²) in [4.78, 5) is 2.06. The number of halogens is 3. The zero-order valence-electron chi connectivity index (χ0n) is 16.1. The molecule has 3 aliphatic rings. The average molecular weight is 409 g/mol. The molecule has 0 aromatic heterocycles. The SMILES string of the molecule is CN1[C@@H]2CC[C@@H]1C=C1C(C#N)=C(N)C(C#N)(C#N)[C@H](c3ccccc3C(F)(F)F)[C@H]12. The van der Waals surface area contributed by atoms with Gasteiger partial charge in [0.25, 0.3) is 0 Å². The number of allylic oxidation sites excluding steroid dienone is 2. The Bertz CT molecular complexity index is 1080. The van der Waals surface area contributed by atoms with E-state index in [1.807, 2.05) is 31.3 Å². The fourth-order valence-electron chi connectivity index (χ4n) is 5.46. The molecule has 5 nitrogen and oxygen atoms in total. The van der Waals surface area contributed by atoms with Crippen molar-refractivity contribution >= 4 is 0 Å². The first kappa shape index (κ1) is 20.0. The number of benzene rings is 1. The van der Waals surface area contributed by atoms with Crippen LogP contribution in [0.3, 0.4) is 0 Å². The van der Waals surface area contributed by atoms with Crippen molar-refractivity contribution < 1.29 is 13.2 Å². The van der Waals surface area contributed by atoms with Gasteiger partial charge in [-0.25, -0.2) is 0 Å². The van der Waals surface area contributed by atoms with Crippen LogP contribution in [0.1, 0.15) is 29.9 Å². The van der Waals surface area contributed by atoms with Crippen LogP contribution in [-0.2, 0) is 6.18 Å². The molecule has 0 unspecified atom stereocenters. The molecule has 2 aliphatic heterocycles. The Morgan fingerprint density at radius 3 is 2.40 bits per heavy atom. The molecule has 0 spiro atoms. The lowest BCUT2D eigenvalue weighted by Crippen LogP contribution is -2.51. The number of nitrogens with zero attached hydrogens (tertiary/aromatic N) is 4. The molecule has 2 N–H and O–H groups in total. The van der Waals surface area contributed by atoms with Gasteiger partial charge in [-0.05, 0) is 37.1 Å². The summed E-state index contributed by atoms with van der Waals surface area (Å²) in [5.41, 5.74) is 3.45. The van der Waals surface area contributed by atoms with Crippen LogP contribution in [0, 0.1) is 45.3 Å². The van der Waals surface area contributed by atoms with Gasteiger partial charge in [-0.2, -0.15) is 29.0 Å². The van der Waals surface area contributed by atoms with Crippen LogP contribution < -0.4 is 5.73 Å². The molecule has 2 heterocycles. The van der Waals surface area contributed by atoms with E-state index in [9.17, 15) is 29.0 Å². The minimum atomic E-state index is -4.66. The van der Waals surface area contributed by atoms with E-state index in [4.69, 9.17) is 5.73 Å². The van der Waals surface area contributed by atoms with Crippen LogP contribution in [0.2, 0.25) is 0 Å². The molecule has 1 aliphatic carbocycles. The lowest BCUT2D eigenvalue weighted by Gasteiger charge is -2.48. The topological polar surface area (TPSA) is 101 Å². The molecule has 0 radical (unpaired) electrons. The fourth-order valence-corrected chi connectivity index (χ4v) is 5.46. The van der Waals surface area contributed by atoms with E-state index in [2.05, 4.69) is 4.90 Å². The van der Waals surface area contributed by atoms with Crippen molar-refractivity contribution in [2.24, 2.45) is 17.1 Å². The number of hydrogen-bond donors (Lipinski definition) is 1. The van der Waals surface area contributed by atoms with Crippen LogP contribution in [0.5, 0.6) is 0 Å². The Morgan fingerprint density at radius 1 is 1.13 bits per heavy atom. The van der Waals surface area contributed by atoms with E-state index < -0.39 is 29.0 Å². The van der Waals surface area contributed by atoms with Gasteiger partial charge >= 0.3 is 6.18 Å². The van der Waals surface area contributed by atoms with Crippen LogP contribution >= 0.6 is 0 Å². The Labute approximate surface area is 172 Å². The second-order valence-corrected chi connectivity index (χ2v) is 8.02. The molecule has 152 valence electrons. The smallest absolute Gasteiger partial charge is 0.399 e. The van der Waals surface area contributed by atoms with Gasteiger partial charge in [0.05, 0.1) is 29.0 Å². The second-order valence-electron chi connectivity index (χ2n) is 8.02. The molecule has 8 heteroatoms. The van der Waals surface area contributed by atoms with Crippen LogP contribution in [0.25, 0.3) is 0 Å². The number of hydrogen-bond acceptors (Lipinski definition) is 5. The molecule has 1 aromatic rings. The number of alkyl halides is 3. The lowest BCUT2D eigenvalue weighted by atomic mass is 9.56. The highest BCUT2D eigenvalue weighted by atomic mass is 19.4. The Hall–Kier alpha value is -3.28. The van der Waals surface area contributed by atoms with Crippen molar-refractivity contribution in [3.8, 4) is 18.2 Å². The minimum absolute atomic E-state index is 0.0487. The van der Waals surface area contributed by atoms with Crippen LogP contribution in [0.15, 0.2) is 47.2 Å². The van der Waals surface area contributed by atoms with E-state index in [1.165, 1.54) is 18.2 Å². The molecule has 0 amide bonds. The summed E-state index contributed by atoms with van der Waals surface area (Å²) in [6, 6.07) is 10.7. The fraction of sp³-hybridized carbons (Fsp3) is 0.409. The molecule has 1 aromatic carbocycles. The third-order valence-electron chi connectivity index (χ3n) is 6.82. The third kappa shape index (κ3) is 2.49. The lowest BCUT2D eigenvalue weighted by molar-refractivity contribution is -0.138. The zero-order chi connectivity index (χ0) is 21.8. The predicted octanol–water partition coefficient (Wildman–Crippen LogP) is 3.59. The van der Waals surface area contributed by atoms with Gasteiger partial charge in [0, 0.05) is 23.9 Å². The van der Waals surface area contributed by atoms with Gasteiger partial charge in [-0.3, -0.25) is 4.90 Å². The number of fused-ring (bicyclic) bond motifs is 4. The van der Waals surface area contributed by atoms with Gasteiger partial charge in [0.2, 0.25) is 0 Å². The largest absolute Gasteiger partial charge is 0.416 e. The van der Waals surface area contributed by atoms with E-state index in [-0.39, 0.29) is 28.9 Å². The highest BCUT2D eigenvalue weighted by Gasteiger charge is 2.59. The summed E-state index contributed by atoms with van der Waals surface area (Å²) in [7, 11) is 1.89. The van der Waals surface area contributed by atoms with E-state index in [0.717, 1.165) is 12.5 Å². The number of likely N-dealkylation sites (N-methyl/N-ethyl adjacent to an activating group) is 1. The maximum Gasteiger partial charge on any atom is 0.416 e. The molecule has 2 bridgehead atoms. The van der Waals surface area contributed by atoms with Crippen molar-refractivity contribution in [2.45, 2.75) is 37.0 Å². The Morgan fingerprint density at radius 2 is 1.80 bits per heavy atom. The van der Waals surface area contributed by atoms with Gasteiger partial charge < -0.3 is 5.73 Å². The molecule has 30 heavy (non-hydrogen) atoms. The number of nitriles is 3. The van der Waals surface area contributed by atoms with E-state index in [1.54, 1.807) is 0 Å². The summed E-state index contributed by atoms with van der Waals surface area (Å²) < 4.78 is 41.7. The molecule has 1 fully saturated rings. The predicted molar refractivity (Wildman–Crippen MR) is 101 cm³/mol. The van der Waals surface area contributed by atoms with E-state index >= 15 is 0 Å². The molecule has 4 rings (SSSR count). The monoisotopic (exact) mass is 409 g/mol. The quantitative estimate of drug-likeness (QED) is 0.764. The number of rotatable bonds is 1. The summed E-state index contributed by atoms with van der Waals surface area (Å²) in [5, 5.41) is 29.9. The van der Waals surface area contributed by atoms with Crippen LogP contribution in [-0.4, -0.2) is 24.0 Å². The first-order valence-corrected chi connectivity index (χ1v) is 9.54. The maximum absolute atomic E-state index is 13.9. The van der Waals surface area contributed by atoms with Crippen molar-refractivity contribution in [3.05, 3.63) is 58.3 Å². The van der Waals surface area contributed by atoms with Gasteiger partial charge in [-0.1, -0.05) is 24.3 Å². The number of nitrogens with two attached hydrogens (primary N) is 1. The van der Waals surface area contributed by atoms with Crippen molar-refractivity contribution in [2.75, 3.05) is 7.05 Å². The zero-order valence-corrected chi connectivity index (χ0v) is 16.1. The van der Waals surface area contributed by atoms with Gasteiger partial charge in [0.1, 0.15) is 6.07 Å². The summed E-state index contributed by atoms with van der Waals surface area (Å²) in [5.74, 6) is -1.78. The Balaban J connectivity index is 2.09. The van der Waals surface area contributed by atoms with Crippen molar-refractivity contribution in [3.63, 3.8) is 0 Å². The summed E-state index contributed by atoms with van der Waals surface area (Å²) >= 11 is 0. The summed E-state index contributed by atoms with van der Waals surface area (Å²) in [6.07, 6.45) is -1.30. The normalized spacial score (nSPS) is 30.0. The first-order chi connectivity index (χ1) is 14.2. The van der Waals surface area contributed by atoms with Gasteiger partial charge in [-0.15, -0.1) is 0 Å². The maximum atomic E-state index is 13.9. The molecular weight excluding hydrogens is 391 g/mol. The van der Waals surface area contributed by atoms with Crippen molar-refractivity contribution in [1.29, 1.82) is 15.8 Å². The second kappa shape index (κ2) is 6.62. The van der Waals surface area contributed by atoms with Crippen LogP contribution in [0.4, 0.5) is 13.2 Å². The Kier molecular flexibility index (Phi) is 4.42. The highest BCUT2D eigenvalue weighted by Crippen LogP contribution is 2.59. The van der Waals surface area contributed by atoms with E-state index in [0.29, 0.717) is 12.0 Å². The van der Waals surface area contributed by atoms with Gasteiger partial charge in [0.15, 0.2) is 5.41 Å². The highest BCUT2D eigenvalue weighted by molar-refractivity contribution is 5.61. The summed E-state index contributed by atoms with van der Waals surface area (Å²) in [6.45, 7) is 0. The third-order valence-corrected chi connectivity index (χ3v) is 6.82. The molecule has 4 atom stereocenters. The molecule has 1 saturated heterocycles.